The lowest BCUT2D eigenvalue weighted by Gasteiger charge is -2.14. The lowest BCUT2D eigenvalue weighted by atomic mass is 9.93. The van der Waals surface area contributed by atoms with E-state index in [1.165, 1.54) is 0 Å². The van der Waals surface area contributed by atoms with Crippen LogP contribution in [-0.4, -0.2) is 25.1 Å². The third-order valence-electron chi connectivity index (χ3n) is 3.82. The molecule has 0 aliphatic heterocycles. The molecule has 5 nitrogen and oxygen atoms in total. The maximum absolute atomic E-state index is 12.1. The molecule has 0 aliphatic carbocycles. The van der Waals surface area contributed by atoms with E-state index >= 15 is 0 Å². The van der Waals surface area contributed by atoms with Crippen LogP contribution in [0.3, 0.4) is 0 Å². The summed E-state index contributed by atoms with van der Waals surface area (Å²) in [6.45, 7) is 6.88. The molecule has 0 unspecified atom stereocenters. The molecule has 136 valence electrons. The normalized spacial score (nSPS) is 11.2. The predicted octanol–water partition coefficient (Wildman–Crippen LogP) is 3.71. The predicted molar refractivity (Wildman–Crippen MR) is 101 cm³/mol. The van der Waals surface area contributed by atoms with Crippen molar-refractivity contribution in [3.63, 3.8) is 0 Å². The van der Waals surface area contributed by atoms with Gasteiger partial charge < -0.3 is 14.8 Å². The summed E-state index contributed by atoms with van der Waals surface area (Å²) in [5, 5.41) is 6.02. The number of rotatable bonds is 7. The molecule has 0 radical (unpaired) electrons. The van der Waals surface area contributed by atoms with Crippen molar-refractivity contribution in [2.75, 3.05) is 14.2 Å². The average molecular weight is 362 g/mol. The van der Waals surface area contributed by atoms with E-state index < -0.39 is 0 Å². The number of thiazole rings is 1. The van der Waals surface area contributed by atoms with E-state index in [9.17, 15) is 4.79 Å². The lowest BCUT2D eigenvalue weighted by molar-refractivity contribution is -0.121. The fourth-order valence-electron chi connectivity index (χ4n) is 2.27. The molecule has 0 spiro atoms. The van der Waals surface area contributed by atoms with Gasteiger partial charge in [0, 0.05) is 30.2 Å². The van der Waals surface area contributed by atoms with Crippen LogP contribution in [0, 0.1) is 0 Å². The van der Waals surface area contributed by atoms with Crippen LogP contribution in [0.1, 0.15) is 43.5 Å². The second kappa shape index (κ2) is 8.34. The van der Waals surface area contributed by atoms with Gasteiger partial charge in [-0.25, -0.2) is 4.98 Å². The minimum atomic E-state index is 0.0160. The minimum absolute atomic E-state index is 0.0160. The molecule has 25 heavy (non-hydrogen) atoms. The van der Waals surface area contributed by atoms with Crippen LogP contribution in [-0.2, 0) is 23.2 Å². The second-order valence-electron chi connectivity index (χ2n) is 6.84. The van der Waals surface area contributed by atoms with Gasteiger partial charge >= 0.3 is 0 Å². The summed E-state index contributed by atoms with van der Waals surface area (Å²) in [4.78, 5) is 16.7. The fraction of sp³-hybridized carbons (Fsp3) is 0.474. The number of aryl methyl sites for hydroxylation is 1. The van der Waals surface area contributed by atoms with Crippen molar-refractivity contribution in [3.8, 4) is 11.5 Å². The number of ether oxygens (including phenoxy) is 2. The molecule has 6 heteroatoms. The van der Waals surface area contributed by atoms with Crippen LogP contribution in [0.5, 0.6) is 11.5 Å². The molecule has 1 amide bonds. The number of aromatic nitrogens is 1. The summed E-state index contributed by atoms with van der Waals surface area (Å²) in [6, 6.07) is 5.62. The number of amides is 1. The highest BCUT2D eigenvalue weighted by Crippen LogP contribution is 2.27. The first kappa shape index (κ1) is 19.2. The zero-order valence-corrected chi connectivity index (χ0v) is 16.3. The van der Waals surface area contributed by atoms with Crippen LogP contribution >= 0.6 is 11.3 Å². The van der Waals surface area contributed by atoms with Crippen LogP contribution in [0.2, 0.25) is 0 Å². The molecule has 0 saturated carbocycles. The number of carbonyl (C=O) groups is 1. The van der Waals surface area contributed by atoms with Gasteiger partial charge in [-0.3, -0.25) is 4.79 Å². The van der Waals surface area contributed by atoms with Gasteiger partial charge in [0.25, 0.3) is 0 Å². The van der Waals surface area contributed by atoms with Crippen LogP contribution in [0.4, 0.5) is 0 Å². The lowest BCUT2D eigenvalue weighted by Crippen LogP contribution is -2.23. The number of nitrogens with one attached hydrogen (secondary N) is 1. The zero-order valence-electron chi connectivity index (χ0n) is 15.5. The van der Waals surface area contributed by atoms with Crippen molar-refractivity contribution in [3.05, 3.63) is 39.8 Å². The Bertz CT molecular complexity index is 720. The monoisotopic (exact) mass is 362 g/mol. The Kier molecular flexibility index (Phi) is 6.42. The highest BCUT2D eigenvalue weighted by atomic mass is 32.1. The van der Waals surface area contributed by atoms with E-state index in [2.05, 4.69) is 36.5 Å². The van der Waals surface area contributed by atoms with Crippen molar-refractivity contribution >= 4 is 17.2 Å². The third-order valence-corrected chi connectivity index (χ3v) is 4.73. The van der Waals surface area contributed by atoms with E-state index in [1.54, 1.807) is 25.6 Å². The molecule has 0 atom stereocenters. The number of hydrogen-bond acceptors (Lipinski definition) is 5. The third kappa shape index (κ3) is 5.46. The molecule has 2 aromatic rings. The molecule has 1 heterocycles. The van der Waals surface area contributed by atoms with Gasteiger partial charge in [-0.2, -0.15) is 0 Å². The number of carbonyl (C=O) groups excluding carboxylic acids is 1. The molecule has 0 fully saturated rings. The SMILES string of the molecule is COc1ccc(CNC(=O)CCc2nc(C(C)(C)C)cs2)cc1OC. The summed E-state index contributed by atoms with van der Waals surface area (Å²) >= 11 is 1.62. The molecule has 1 aromatic carbocycles. The van der Waals surface area contributed by atoms with Crippen LogP contribution in [0.25, 0.3) is 0 Å². The van der Waals surface area contributed by atoms with E-state index in [-0.39, 0.29) is 11.3 Å². The average Bonchev–Trinajstić information content (AvgIpc) is 3.07. The number of hydrogen-bond donors (Lipinski definition) is 1. The summed E-state index contributed by atoms with van der Waals surface area (Å²) in [5.74, 6) is 1.35. The number of nitrogens with zero attached hydrogens (tertiary/aromatic N) is 1. The molecular weight excluding hydrogens is 336 g/mol. The molecule has 0 aliphatic rings. The van der Waals surface area contributed by atoms with E-state index in [0.717, 1.165) is 16.3 Å². The smallest absolute Gasteiger partial charge is 0.220 e. The Balaban J connectivity index is 1.84. The van der Waals surface area contributed by atoms with Crippen molar-refractivity contribution in [1.29, 1.82) is 0 Å². The Hall–Kier alpha value is -2.08. The van der Waals surface area contributed by atoms with Crippen LogP contribution in [0.15, 0.2) is 23.6 Å². The topological polar surface area (TPSA) is 60.5 Å². The van der Waals surface area contributed by atoms with Crippen molar-refractivity contribution in [2.24, 2.45) is 0 Å². The first-order valence-electron chi connectivity index (χ1n) is 8.26. The Morgan fingerprint density at radius 2 is 1.92 bits per heavy atom. The van der Waals surface area contributed by atoms with Crippen molar-refractivity contribution in [2.45, 2.75) is 45.6 Å². The zero-order chi connectivity index (χ0) is 18.4. The van der Waals surface area contributed by atoms with Crippen LogP contribution < -0.4 is 14.8 Å². The standard InChI is InChI=1S/C19H26N2O3S/c1-19(2,3)16-12-25-18(21-16)9-8-17(22)20-11-13-6-7-14(23-4)15(10-13)24-5/h6-7,10,12H,8-9,11H2,1-5H3,(H,20,22). The van der Waals surface area contributed by atoms with Gasteiger partial charge in [0.1, 0.15) is 0 Å². The van der Waals surface area contributed by atoms with E-state index in [4.69, 9.17) is 9.47 Å². The van der Waals surface area contributed by atoms with Crippen molar-refractivity contribution < 1.29 is 14.3 Å². The Labute approximate surface area is 153 Å². The summed E-state index contributed by atoms with van der Waals surface area (Å²) in [5.41, 5.74) is 2.10. The molecule has 2 rings (SSSR count). The molecule has 1 N–H and O–H groups in total. The maximum atomic E-state index is 12.1. The minimum Gasteiger partial charge on any atom is -0.493 e. The summed E-state index contributed by atoms with van der Waals surface area (Å²) in [7, 11) is 3.20. The van der Waals surface area contributed by atoms with Gasteiger partial charge in [0.2, 0.25) is 5.91 Å². The summed E-state index contributed by atoms with van der Waals surface area (Å²) < 4.78 is 10.5. The molecule has 0 bridgehead atoms. The van der Waals surface area contributed by atoms with Gasteiger partial charge in [-0.1, -0.05) is 26.8 Å². The highest BCUT2D eigenvalue weighted by molar-refractivity contribution is 7.09. The van der Waals surface area contributed by atoms with Crippen molar-refractivity contribution in [1.82, 2.24) is 10.3 Å². The van der Waals surface area contributed by atoms with Gasteiger partial charge in [-0.15, -0.1) is 11.3 Å². The summed E-state index contributed by atoms with van der Waals surface area (Å²) in [6.07, 6.45) is 1.10. The van der Waals surface area contributed by atoms with Gasteiger partial charge in [0.15, 0.2) is 11.5 Å². The largest absolute Gasteiger partial charge is 0.493 e. The Morgan fingerprint density at radius 3 is 2.52 bits per heavy atom. The first-order valence-corrected chi connectivity index (χ1v) is 9.14. The molecule has 0 saturated heterocycles. The number of methoxy groups -OCH3 is 2. The Morgan fingerprint density at radius 1 is 1.20 bits per heavy atom. The number of benzene rings is 1. The van der Waals surface area contributed by atoms with Gasteiger partial charge in [-0.05, 0) is 17.7 Å². The van der Waals surface area contributed by atoms with E-state index in [0.29, 0.717) is 30.9 Å². The van der Waals surface area contributed by atoms with Gasteiger partial charge in [0.05, 0.1) is 24.9 Å². The highest BCUT2D eigenvalue weighted by Gasteiger charge is 2.17. The second-order valence-corrected chi connectivity index (χ2v) is 7.79. The first-order chi connectivity index (χ1) is 11.8. The maximum Gasteiger partial charge on any atom is 0.220 e. The molecule has 1 aromatic heterocycles. The van der Waals surface area contributed by atoms with E-state index in [1.807, 2.05) is 18.2 Å². The fourth-order valence-corrected chi connectivity index (χ4v) is 3.30. The molecular formula is C19H26N2O3S. The quantitative estimate of drug-likeness (QED) is 0.816.